The van der Waals surface area contributed by atoms with Gasteiger partial charge in [0.1, 0.15) is 0 Å². The summed E-state index contributed by atoms with van der Waals surface area (Å²) in [5.74, 6) is 1.11. The van der Waals surface area contributed by atoms with Crippen molar-refractivity contribution in [3.63, 3.8) is 0 Å². The van der Waals surface area contributed by atoms with Crippen LogP contribution in [0.5, 0.6) is 0 Å². The fourth-order valence-electron chi connectivity index (χ4n) is 4.32. The van der Waals surface area contributed by atoms with E-state index in [4.69, 9.17) is 0 Å². The third kappa shape index (κ3) is 5.58. The zero-order chi connectivity index (χ0) is 16.1. The van der Waals surface area contributed by atoms with Crippen LogP contribution in [0, 0.1) is 5.92 Å². The summed E-state index contributed by atoms with van der Waals surface area (Å²) in [6.07, 6.45) is 7.52. The molecule has 24 heavy (non-hydrogen) atoms. The van der Waals surface area contributed by atoms with Gasteiger partial charge in [-0.25, -0.2) is 0 Å². The Labute approximate surface area is 153 Å². The SMILES string of the molecule is CC(C(=O)NC1CCCC1)N1CCN(CC2CCNCC2)CC1.Cl. The van der Waals surface area contributed by atoms with Crippen molar-refractivity contribution in [1.82, 2.24) is 20.4 Å². The van der Waals surface area contributed by atoms with Crippen molar-refractivity contribution in [2.75, 3.05) is 45.8 Å². The van der Waals surface area contributed by atoms with Crippen LogP contribution in [-0.2, 0) is 4.79 Å². The summed E-state index contributed by atoms with van der Waals surface area (Å²) >= 11 is 0. The summed E-state index contributed by atoms with van der Waals surface area (Å²) in [5.41, 5.74) is 0. The van der Waals surface area contributed by atoms with Crippen molar-refractivity contribution in [1.29, 1.82) is 0 Å². The first-order valence-corrected chi connectivity index (χ1v) is 9.70. The molecule has 1 amide bonds. The summed E-state index contributed by atoms with van der Waals surface area (Å²) in [4.78, 5) is 17.4. The molecule has 2 saturated heterocycles. The van der Waals surface area contributed by atoms with Gasteiger partial charge < -0.3 is 15.5 Å². The molecule has 0 spiro atoms. The van der Waals surface area contributed by atoms with E-state index in [-0.39, 0.29) is 24.4 Å². The molecule has 0 aromatic rings. The second-order valence-corrected chi connectivity index (χ2v) is 7.70. The fourth-order valence-corrected chi connectivity index (χ4v) is 4.32. The molecule has 0 aromatic carbocycles. The summed E-state index contributed by atoms with van der Waals surface area (Å²) in [5, 5.41) is 6.70. The molecule has 5 nitrogen and oxygen atoms in total. The highest BCUT2D eigenvalue weighted by atomic mass is 35.5. The lowest BCUT2D eigenvalue weighted by Gasteiger charge is -2.39. The van der Waals surface area contributed by atoms with Crippen molar-refractivity contribution in [2.45, 2.75) is 57.5 Å². The number of hydrogen-bond acceptors (Lipinski definition) is 4. The number of nitrogens with one attached hydrogen (secondary N) is 2. The minimum absolute atomic E-state index is 0. The maximum Gasteiger partial charge on any atom is 0.237 e. The van der Waals surface area contributed by atoms with Crippen molar-refractivity contribution < 1.29 is 4.79 Å². The van der Waals surface area contributed by atoms with Gasteiger partial charge in [-0.3, -0.25) is 9.69 Å². The first kappa shape index (κ1) is 20.0. The van der Waals surface area contributed by atoms with Gasteiger partial charge in [-0.05, 0) is 51.6 Å². The van der Waals surface area contributed by atoms with Crippen LogP contribution >= 0.6 is 12.4 Å². The van der Waals surface area contributed by atoms with Crippen molar-refractivity contribution in [3.8, 4) is 0 Å². The fraction of sp³-hybridized carbons (Fsp3) is 0.944. The highest BCUT2D eigenvalue weighted by Gasteiger charge is 2.28. The molecule has 3 fully saturated rings. The van der Waals surface area contributed by atoms with Crippen LogP contribution in [-0.4, -0.2) is 73.6 Å². The van der Waals surface area contributed by atoms with Gasteiger partial charge in [-0.15, -0.1) is 12.4 Å². The highest BCUT2D eigenvalue weighted by Crippen LogP contribution is 2.19. The van der Waals surface area contributed by atoms with Crippen molar-refractivity contribution in [2.24, 2.45) is 5.92 Å². The average Bonchev–Trinajstić information content (AvgIpc) is 3.09. The molecule has 0 radical (unpaired) electrons. The first-order valence-electron chi connectivity index (χ1n) is 9.70. The van der Waals surface area contributed by atoms with Crippen LogP contribution in [0.1, 0.15) is 45.4 Å². The topological polar surface area (TPSA) is 47.6 Å². The molecule has 1 atom stereocenters. The van der Waals surface area contributed by atoms with E-state index < -0.39 is 0 Å². The Bertz CT molecular complexity index is 375. The lowest BCUT2D eigenvalue weighted by atomic mass is 9.97. The van der Waals surface area contributed by atoms with Crippen LogP contribution < -0.4 is 10.6 Å². The van der Waals surface area contributed by atoms with E-state index in [9.17, 15) is 4.79 Å². The van der Waals surface area contributed by atoms with E-state index in [0.717, 1.165) is 32.1 Å². The van der Waals surface area contributed by atoms with Crippen LogP contribution in [0.25, 0.3) is 0 Å². The number of piperidine rings is 1. The molecule has 0 aromatic heterocycles. The molecule has 1 unspecified atom stereocenters. The van der Waals surface area contributed by atoms with Gasteiger partial charge in [-0.1, -0.05) is 12.8 Å². The number of rotatable bonds is 5. The number of carbonyl (C=O) groups excluding carboxylic acids is 1. The molecular weight excluding hydrogens is 324 g/mol. The largest absolute Gasteiger partial charge is 0.352 e. The number of nitrogens with zero attached hydrogens (tertiary/aromatic N) is 2. The zero-order valence-corrected chi connectivity index (χ0v) is 16.0. The second-order valence-electron chi connectivity index (χ2n) is 7.70. The normalized spacial score (nSPS) is 26.0. The van der Waals surface area contributed by atoms with Crippen LogP contribution in [0.2, 0.25) is 0 Å². The predicted molar refractivity (Wildman–Crippen MR) is 101 cm³/mol. The summed E-state index contributed by atoms with van der Waals surface area (Å²) in [7, 11) is 0. The van der Waals surface area contributed by atoms with Gasteiger partial charge in [-0.2, -0.15) is 0 Å². The van der Waals surface area contributed by atoms with Gasteiger partial charge >= 0.3 is 0 Å². The number of halogens is 1. The Morgan fingerprint density at radius 1 is 1.08 bits per heavy atom. The quantitative estimate of drug-likeness (QED) is 0.781. The molecule has 3 rings (SSSR count). The van der Waals surface area contributed by atoms with Crippen LogP contribution in [0.15, 0.2) is 0 Å². The Morgan fingerprint density at radius 2 is 1.71 bits per heavy atom. The van der Waals surface area contributed by atoms with Crippen molar-refractivity contribution >= 4 is 18.3 Å². The summed E-state index contributed by atoms with van der Waals surface area (Å²) in [6.45, 7) is 9.99. The number of carbonyl (C=O) groups is 1. The summed E-state index contributed by atoms with van der Waals surface area (Å²) in [6, 6.07) is 0.461. The number of amides is 1. The van der Waals surface area contributed by atoms with Gasteiger partial charge in [0.05, 0.1) is 6.04 Å². The first-order chi connectivity index (χ1) is 11.2. The number of piperazine rings is 1. The predicted octanol–water partition coefficient (Wildman–Crippen LogP) is 1.47. The van der Waals surface area contributed by atoms with Crippen LogP contribution in [0.4, 0.5) is 0 Å². The minimum Gasteiger partial charge on any atom is -0.352 e. The Balaban J connectivity index is 0.00000208. The maximum atomic E-state index is 12.4. The zero-order valence-electron chi connectivity index (χ0n) is 15.1. The molecule has 2 aliphatic heterocycles. The molecule has 3 aliphatic rings. The lowest BCUT2D eigenvalue weighted by molar-refractivity contribution is -0.127. The monoisotopic (exact) mass is 358 g/mol. The van der Waals surface area contributed by atoms with E-state index >= 15 is 0 Å². The smallest absolute Gasteiger partial charge is 0.237 e. The van der Waals surface area contributed by atoms with E-state index in [0.29, 0.717) is 6.04 Å². The summed E-state index contributed by atoms with van der Waals surface area (Å²) < 4.78 is 0. The van der Waals surface area contributed by atoms with Gasteiger partial charge in [0.25, 0.3) is 0 Å². The molecule has 2 heterocycles. The maximum absolute atomic E-state index is 12.4. The highest BCUT2D eigenvalue weighted by molar-refractivity contribution is 5.85. The van der Waals surface area contributed by atoms with E-state index in [2.05, 4.69) is 27.4 Å². The second kappa shape index (κ2) is 9.95. The van der Waals surface area contributed by atoms with Crippen molar-refractivity contribution in [3.05, 3.63) is 0 Å². The third-order valence-electron chi connectivity index (χ3n) is 6.01. The Kier molecular flexibility index (Phi) is 8.28. The minimum atomic E-state index is 0. The molecular formula is C18H35ClN4O. The standard InChI is InChI=1S/C18H34N4O.ClH/c1-15(18(23)20-17-4-2-3-5-17)22-12-10-21(11-13-22)14-16-6-8-19-9-7-16;/h15-17,19H,2-14H2,1H3,(H,20,23);1H. The van der Waals surface area contributed by atoms with Crippen LogP contribution in [0.3, 0.4) is 0 Å². The molecule has 1 aliphatic carbocycles. The number of hydrogen-bond donors (Lipinski definition) is 2. The lowest BCUT2D eigenvalue weighted by Crippen LogP contribution is -2.55. The average molecular weight is 359 g/mol. The van der Waals surface area contributed by atoms with Gasteiger partial charge in [0, 0.05) is 38.8 Å². The molecule has 0 bridgehead atoms. The Morgan fingerprint density at radius 3 is 2.33 bits per heavy atom. The molecule has 2 N–H and O–H groups in total. The van der Waals surface area contributed by atoms with E-state index in [1.165, 1.54) is 58.2 Å². The van der Waals surface area contributed by atoms with Gasteiger partial charge in [0.15, 0.2) is 0 Å². The molecule has 1 saturated carbocycles. The van der Waals surface area contributed by atoms with Gasteiger partial charge in [0.2, 0.25) is 5.91 Å². The molecule has 6 heteroatoms. The van der Waals surface area contributed by atoms with E-state index in [1.807, 2.05) is 0 Å². The molecule has 140 valence electrons. The Hall–Kier alpha value is -0.360. The third-order valence-corrected chi connectivity index (χ3v) is 6.01. The van der Waals surface area contributed by atoms with E-state index in [1.54, 1.807) is 0 Å².